The topological polar surface area (TPSA) is 65.0 Å². The Hall–Kier alpha value is -2.73. The molecule has 0 aliphatic carbocycles. The molecular weight excluding hydrogens is 334 g/mol. The molecule has 1 atom stereocenters. The number of aromatic nitrogens is 3. The van der Waals surface area contributed by atoms with Crippen LogP contribution in [0, 0.1) is 0 Å². The molecule has 1 aromatic heterocycles. The van der Waals surface area contributed by atoms with Gasteiger partial charge in [0.05, 0.1) is 6.61 Å². The molecule has 0 spiro atoms. The van der Waals surface area contributed by atoms with Gasteiger partial charge >= 0.3 is 5.97 Å². The van der Waals surface area contributed by atoms with Crippen LogP contribution in [0.15, 0.2) is 65.8 Å². The SMILES string of the molecule is O=C1OCC[C@@H]1Sc1nnc(-c2ccccc2)c(-c2ccccc2)n1. The molecule has 0 radical (unpaired) electrons. The van der Waals surface area contributed by atoms with Gasteiger partial charge in [0.1, 0.15) is 16.6 Å². The molecule has 2 aromatic carbocycles. The van der Waals surface area contributed by atoms with Crippen molar-refractivity contribution in [2.75, 3.05) is 6.61 Å². The fourth-order valence-corrected chi connectivity index (χ4v) is 3.53. The van der Waals surface area contributed by atoms with Crippen LogP contribution in [-0.4, -0.2) is 33.0 Å². The molecule has 1 saturated heterocycles. The Morgan fingerprint density at radius 2 is 1.52 bits per heavy atom. The van der Waals surface area contributed by atoms with Crippen LogP contribution >= 0.6 is 11.8 Å². The maximum Gasteiger partial charge on any atom is 0.319 e. The van der Waals surface area contributed by atoms with Gasteiger partial charge in [0, 0.05) is 17.5 Å². The number of hydrogen-bond donors (Lipinski definition) is 0. The monoisotopic (exact) mass is 349 g/mol. The van der Waals surface area contributed by atoms with Crippen molar-refractivity contribution in [2.24, 2.45) is 0 Å². The van der Waals surface area contributed by atoms with E-state index in [0.717, 1.165) is 22.5 Å². The summed E-state index contributed by atoms with van der Waals surface area (Å²) in [5.41, 5.74) is 3.41. The van der Waals surface area contributed by atoms with Crippen LogP contribution in [0.3, 0.4) is 0 Å². The predicted octanol–water partition coefficient (Wildman–Crippen LogP) is 3.61. The number of carbonyl (C=O) groups is 1. The Balaban J connectivity index is 1.76. The van der Waals surface area contributed by atoms with E-state index in [-0.39, 0.29) is 11.2 Å². The number of ether oxygens (including phenoxy) is 1. The zero-order valence-electron chi connectivity index (χ0n) is 13.3. The largest absolute Gasteiger partial charge is 0.465 e. The zero-order chi connectivity index (χ0) is 17.1. The second-order valence-electron chi connectivity index (χ2n) is 5.59. The Labute approximate surface area is 149 Å². The van der Waals surface area contributed by atoms with Crippen molar-refractivity contribution in [1.82, 2.24) is 15.2 Å². The van der Waals surface area contributed by atoms with Crippen molar-refractivity contribution in [3.8, 4) is 22.5 Å². The average molecular weight is 349 g/mol. The van der Waals surface area contributed by atoms with Crippen LogP contribution in [0.25, 0.3) is 22.5 Å². The summed E-state index contributed by atoms with van der Waals surface area (Å²) in [6, 6.07) is 19.7. The van der Waals surface area contributed by atoms with E-state index in [1.807, 2.05) is 60.7 Å². The number of nitrogens with zero attached hydrogens (tertiary/aromatic N) is 3. The minimum absolute atomic E-state index is 0.206. The maximum absolute atomic E-state index is 11.7. The molecule has 2 heterocycles. The van der Waals surface area contributed by atoms with Crippen molar-refractivity contribution < 1.29 is 9.53 Å². The quantitative estimate of drug-likeness (QED) is 0.671. The van der Waals surface area contributed by atoms with E-state index in [1.165, 1.54) is 11.8 Å². The van der Waals surface area contributed by atoms with E-state index in [2.05, 4.69) is 10.2 Å². The minimum Gasteiger partial charge on any atom is -0.465 e. The summed E-state index contributed by atoms with van der Waals surface area (Å²) in [5, 5.41) is 8.87. The summed E-state index contributed by atoms with van der Waals surface area (Å²) in [5.74, 6) is -0.206. The van der Waals surface area contributed by atoms with Crippen LogP contribution in [0.5, 0.6) is 0 Å². The molecule has 0 amide bonds. The lowest BCUT2D eigenvalue weighted by molar-refractivity contribution is -0.137. The number of rotatable bonds is 4. The molecule has 4 rings (SSSR count). The van der Waals surface area contributed by atoms with Crippen molar-refractivity contribution in [3.63, 3.8) is 0 Å². The molecule has 0 unspecified atom stereocenters. The Kier molecular flexibility index (Phi) is 4.43. The highest BCUT2D eigenvalue weighted by Crippen LogP contribution is 2.32. The molecule has 1 aliphatic rings. The number of cyclic esters (lactones) is 1. The van der Waals surface area contributed by atoms with Gasteiger partial charge in [0.2, 0.25) is 5.16 Å². The van der Waals surface area contributed by atoms with Crippen molar-refractivity contribution in [3.05, 3.63) is 60.7 Å². The molecule has 0 N–H and O–H groups in total. The normalized spacial score (nSPS) is 16.6. The number of carbonyl (C=O) groups excluding carboxylic acids is 1. The summed E-state index contributed by atoms with van der Waals surface area (Å²) < 4.78 is 5.01. The van der Waals surface area contributed by atoms with Crippen molar-refractivity contribution in [2.45, 2.75) is 16.8 Å². The number of benzene rings is 2. The van der Waals surface area contributed by atoms with Crippen LogP contribution in [0.2, 0.25) is 0 Å². The summed E-state index contributed by atoms with van der Waals surface area (Å²) in [7, 11) is 0. The standard InChI is InChI=1S/C19H15N3O2S/c23-18-15(11-12-24-18)25-19-20-16(13-7-3-1-4-8-13)17(21-22-19)14-9-5-2-6-10-14/h1-10,15H,11-12H2/t15-/m0/s1. The first-order valence-electron chi connectivity index (χ1n) is 8.00. The number of esters is 1. The molecule has 1 aliphatic heterocycles. The van der Waals surface area contributed by atoms with E-state index in [1.54, 1.807) is 0 Å². The third-order valence-corrected chi connectivity index (χ3v) is 4.99. The highest BCUT2D eigenvalue weighted by molar-refractivity contribution is 8.00. The van der Waals surface area contributed by atoms with Gasteiger partial charge in [-0.2, -0.15) is 0 Å². The van der Waals surface area contributed by atoms with Crippen LogP contribution in [0.1, 0.15) is 6.42 Å². The summed E-state index contributed by atoms with van der Waals surface area (Å²) >= 11 is 1.31. The summed E-state index contributed by atoms with van der Waals surface area (Å²) in [6.45, 7) is 0.456. The molecule has 0 bridgehead atoms. The van der Waals surface area contributed by atoms with Gasteiger partial charge in [-0.05, 0) is 0 Å². The van der Waals surface area contributed by atoms with E-state index >= 15 is 0 Å². The molecule has 3 aromatic rings. The fourth-order valence-electron chi connectivity index (χ4n) is 2.66. The van der Waals surface area contributed by atoms with Gasteiger partial charge < -0.3 is 4.74 Å². The smallest absolute Gasteiger partial charge is 0.319 e. The highest BCUT2D eigenvalue weighted by atomic mass is 32.2. The van der Waals surface area contributed by atoms with Crippen LogP contribution < -0.4 is 0 Å². The van der Waals surface area contributed by atoms with E-state index in [4.69, 9.17) is 9.72 Å². The summed E-state index contributed by atoms with van der Waals surface area (Å²) in [4.78, 5) is 16.4. The fraction of sp³-hybridized carbons (Fsp3) is 0.158. The third kappa shape index (κ3) is 3.39. The summed E-state index contributed by atoms with van der Waals surface area (Å²) in [6.07, 6.45) is 0.675. The molecule has 0 saturated carbocycles. The van der Waals surface area contributed by atoms with Gasteiger partial charge in [-0.25, -0.2) is 4.98 Å². The van der Waals surface area contributed by atoms with Crippen LogP contribution in [0.4, 0.5) is 0 Å². The second-order valence-corrected chi connectivity index (χ2v) is 6.76. The molecular formula is C19H15N3O2S. The van der Waals surface area contributed by atoms with E-state index < -0.39 is 0 Å². The van der Waals surface area contributed by atoms with Crippen molar-refractivity contribution in [1.29, 1.82) is 0 Å². The van der Waals surface area contributed by atoms with Gasteiger partial charge in [-0.15, -0.1) is 10.2 Å². The Morgan fingerprint density at radius 3 is 2.12 bits per heavy atom. The first-order chi connectivity index (χ1) is 12.3. The van der Waals surface area contributed by atoms with Gasteiger partial charge in [0.15, 0.2) is 0 Å². The number of hydrogen-bond acceptors (Lipinski definition) is 6. The van der Waals surface area contributed by atoms with Gasteiger partial charge in [-0.3, -0.25) is 4.79 Å². The lowest BCUT2D eigenvalue weighted by Gasteiger charge is -2.10. The van der Waals surface area contributed by atoms with Crippen LogP contribution in [-0.2, 0) is 9.53 Å². The highest BCUT2D eigenvalue weighted by Gasteiger charge is 2.29. The van der Waals surface area contributed by atoms with Gasteiger partial charge in [0.25, 0.3) is 0 Å². The first kappa shape index (κ1) is 15.8. The molecule has 124 valence electrons. The Bertz CT molecular complexity index is 888. The third-order valence-electron chi connectivity index (χ3n) is 3.90. The predicted molar refractivity (Wildman–Crippen MR) is 95.9 cm³/mol. The second kappa shape index (κ2) is 7.03. The van der Waals surface area contributed by atoms with Gasteiger partial charge in [-0.1, -0.05) is 72.4 Å². The molecule has 1 fully saturated rings. The molecule has 25 heavy (non-hydrogen) atoms. The lowest BCUT2D eigenvalue weighted by Crippen LogP contribution is -2.11. The molecule has 5 nitrogen and oxygen atoms in total. The first-order valence-corrected chi connectivity index (χ1v) is 8.88. The van der Waals surface area contributed by atoms with E-state index in [9.17, 15) is 4.79 Å². The lowest BCUT2D eigenvalue weighted by atomic mass is 10.0. The minimum atomic E-state index is -0.256. The van der Waals surface area contributed by atoms with E-state index in [0.29, 0.717) is 18.2 Å². The maximum atomic E-state index is 11.7. The average Bonchev–Trinajstić information content (AvgIpc) is 3.08. The van der Waals surface area contributed by atoms with Crippen molar-refractivity contribution >= 4 is 17.7 Å². The Morgan fingerprint density at radius 1 is 0.880 bits per heavy atom. The molecule has 6 heteroatoms. The zero-order valence-corrected chi connectivity index (χ0v) is 14.1. The number of thioether (sulfide) groups is 1.